The summed E-state index contributed by atoms with van der Waals surface area (Å²) >= 11 is 0. The summed E-state index contributed by atoms with van der Waals surface area (Å²) in [6.07, 6.45) is 6.78. The van der Waals surface area contributed by atoms with Gasteiger partial charge in [0.2, 0.25) is 5.91 Å². The molecule has 0 spiro atoms. The highest BCUT2D eigenvalue weighted by atomic mass is 19.1. The number of terminal acetylenes is 1. The molecule has 0 bridgehead atoms. The summed E-state index contributed by atoms with van der Waals surface area (Å²) in [5, 5.41) is 2.71. The number of nitrogens with one attached hydrogen (secondary N) is 1. The second-order valence-corrected chi connectivity index (χ2v) is 4.44. The molecule has 106 valence electrons. The maximum atomic E-state index is 13.6. The minimum Gasteiger partial charge on any atom is -0.348 e. The number of pyridine rings is 1. The molecule has 2 rings (SSSR count). The Hall–Kier alpha value is -2.87. The Morgan fingerprint density at radius 2 is 2.24 bits per heavy atom. The van der Waals surface area contributed by atoms with Crippen LogP contribution in [0.25, 0.3) is 0 Å². The standard InChI is InChI=1S/C16H14FN3O/c1-3-12-6-4-7-13(10-12)19-15(21)11-20(2)16-14(17)8-5-9-18-16/h1,4-10H,11H2,2H3,(H,19,21). The zero-order chi connectivity index (χ0) is 15.2. The molecule has 21 heavy (non-hydrogen) atoms. The van der Waals surface area contributed by atoms with Gasteiger partial charge in [0.15, 0.2) is 11.6 Å². The predicted molar refractivity (Wildman–Crippen MR) is 80.5 cm³/mol. The highest BCUT2D eigenvalue weighted by Crippen LogP contribution is 2.14. The molecule has 0 unspecified atom stereocenters. The van der Waals surface area contributed by atoms with E-state index < -0.39 is 5.82 Å². The third-order valence-electron chi connectivity index (χ3n) is 2.79. The molecule has 5 heteroatoms. The van der Waals surface area contributed by atoms with Crippen LogP contribution in [0.4, 0.5) is 15.9 Å². The summed E-state index contributed by atoms with van der Waals surface area (Å²) < 4.78 is 13.6. The van der Waals surface area contributed by atoms with E-state index in [4.69, 9.17) is 6.42 Å². The molecule has 4 nitrogen and oxygen atoms in total. The van der Waals surface area contributed by atoms with E-state index in [9.17, 15) is 9.18 Å². The molecule has 0 atom stereocenters. The lowest BCUT2D eigenvalue weighted by molar-refractivity contribution is -0.114. The number of halogens is 1. The van der Waals surface area contributed by atoms with E-state index in [1.54, 1.807) is 31.3 Å². The van der Waals surface area contributed by atoms with Crippen molar-refractivity contribution >= 4 is 17.4 Å². The molecular weight excluding hydrogens is 269 g/mol. The largest absolute Gasteiger partial charge is 0.348 e. The molecule has 0 saturated carbocycles. The number of benzene rings is 1. The van der Waals surface area contributed by atoms with Gasteiger partial charge in [-0.15, -0.1) is 6.42 Å². The fourth-order valence-electron chi connectivity index (χ4n) is 1.84. The third-order valence-corrected chi connectivity index (χ3v) is 2.79. The number of hydrogen-bond donors (Lipinski definition) is 1. The number of carbonyl (C=O) groups excluding carboxylic acids is 1. The molecule has 0 aliphatic heterocycles. The van der Waals surface area contributed by atoms with Crippen molar-refractivity contribution in [3.8, 4) is 12.3 Å². The van der Waals surface area contributed by atoms with Crippen LogP contribution in [0.1, 0.15) is 5.56 Å². The first-order chi connectivity index (χ1) is 10.1. The van der Waals surface area contributed by atoms with E-state index in [1.807, 2.05) is 0 Å². The van der Waals surface area contributed by atoms with Gasteiger partial charge < -0.3 is 10.2 Å². The summed E-state index contributed by atoms with van der Waals surface area (Å²) in [4.78, 5) is 17.3. The Morgan fingerprint density at radius 3 is 2.95 bits per heavy atom. The van der Waals surface area contributed by atoms with E-state index in [1.165, 1.54) is 23.2 Å². The van der Waals surface area contributed by atoms with Gasteiger partial charge >= 0.3 is 0 Å². The van der Waals surface area contributed by atoms with Gasteiger partial charge in [-0.1, -0.05) is 12.0 Å². The number of rotatable bonds is 4. The molecule has 0 radical (unpaired) electrons. The van der Waals surface area contributed by atoms with Crippen LogP contribution in [0.3, 0.4) is 0 Å². The van der Waals surface area contributed by atoms with Gasteiger partial charge in [0.1, 0.15) is 0 Å². The van der Waals surface area contributed by atoms with Crippen LogP contribution >= 0.6 is 0 Å². The lowest BCUT2D eigenvalue weighted by atomic mass is 10.2. The zero-order valence-corrected chi connectivity index (χ0v) is 11.5. The van der Waals surface area contributed by atoms with Gasteiger partial charge in [-0.25, -0.2) is 9.37 Å². The molecule has 1 aromatic carbocycles. The SMILES string of the molecule is C#Cc1cccc(NC(=O)CN(C)c2ncccc2F)c1. The smallest absolute Gasteiger partial charge is 0.243 e. The second kappa shape index (κ2) is 6.53. The molecule has 1 aromatic heterocycles. The Kier molecular flexibility index (Phi) is 4.52. The van der Waals surface area contributed by atoms with Crippen LogP contribution in [-0.4, -0.2) is 24.5 Å². The molecule has 0 saturated heterocycles. The Labute approximate surface area is 122 Å². The van der Waals surface area contributed by atoms with Crippen molar-refractivity contribution in [2.45, 2.75) is 0 Å². The van der Waals surface area contributed by atoms with Crippen molar-refractivity contribution in [1.29, 1.82) is 0 Å². The van der Waals surface area contributed by atoms with Gasteiger partial charge in [-0.2, -0.15) is 0 Å². The molecule has 1 amide bonds. The summed E-state index contributed by atoms with van der Waals surface area (Å²) in [5.41, 5.74) is 1.28. The number of hydrogen-bond acceptors (Lipinski definition) is 3. The van der Waals surface area contributed by atoms with E-state index in [0.29, 0.717) is 11.3 Å². The fraction of sp³-hybridized carbons (Fsp3) is 0.125. The van der Waals surface area contributed by atoms with Gasteiger partial charge in [0, 0.05) is 24.5 Å². The third kappa shape index (κ3) is 3.80. The number of anilines is 2. The Balaban J connectivity index is 2.02. The maximum absolute atomic E-state index is 13.6. The Bertz CT molecular complexity index is 694. The van der Waals surface area contributed by atoms with E-state index in [-0.39, 0.29) is 18.3 Å². The normalized spacial score (nSPS) is 9.76. The predicted octanol–water partition coefficient (Wildman–Crippen LogP) is 2.28. The monoisotopic (exact) mass is 283 g/mol. The van der Waals surface area contributed by atoms with Gasteiger partial charge in [0.25, 0.3) is 0 Å². The van der Waals surface area contributed by atoms with Gasteiger partial charge in [-0.3, -0.25) is 4.79 Å². The highest BCUT2D eigenvalue weighted by molar-refractivity contribution is 5.94. The number of aromatic nitrogens is 1. The molecule has 1 heterocycles. The lowest BCUT2D eigenvalue weighted by Crippen LogP contribution is -2.31. The first kappa shape index (κ1) is 14.5. The van der Waals surface area contributed by atoms with Crippen molar-refractivity contribution < 1.29 is 9.18 Å². The first-order valence-electron chi connectivity index (χ1n) is 6.28. The summed E-state index contributed by atoms with van der Waals surface area (Å²) in [6, 6.07) is 9.75. The van der Waals surface area contributed by atoms with Crippen LogP contribution in [0.2, 0.25) is 0 Å². The average Bonchev–Trinajstić information content (AvgIpc) is 2.47. The van der Waals surface area contributed by atoms with E-state index >= 15 is 0 Å². The number of carbonyl (C=O) groups is 1. The van der Waals surface area contributed by atoms with Crippen LogP contribution in [0.5, 0.6) is 0 Å². The molecule has 0 aliphatic carbocycles. The fourth-order valence-corrected chi connectivity index (χ4v) is 1.84. The molecule has 0 aliphatic rings. The van der Waals surface area contributed by atoms with Crippen LogP contribution in [0.15, 0.2) is 42.6 Å². The Morgan fingerprint density at radius 1 is 1.43 bits per heavy atom. The maximum Gasteiger partial charge on any atom is 0.243 e. The summed E-state index contributed by atoms with van der Waals surface area (Å²) in [7, 11) is 1.60. The minimum atomic E-state index is -0.470. The minimum absolute atomic E-state index is 0.0196. The van der Waals surface area contributed by atoms with E-state index in [2.05, 4.69) is 16.2 Å². The highest BCUT2D eigenvalue weighted by Gasteiger charge is 2.12. The van der Waals surface area contributed by atoms with Crippen LogP contribution in [0, 0.1) is 18.2 Å². The van der Waals surface area contributed by atoms with Crippen molar-refractivity contribution in [1.82, 2.24) is 4.98 Å². The molecule has 1 N–H and O–H groups in total. The molecule has 0 fully saturated rings. The van der Waals surface area contributed by atoms with Gasteiger partial charge in [0.05, 0.1) is 6.54 Å². The summed E-state index contributed by atoms with van der Waals surface area (Å²) in [6.45, 7) is -0.0196. The number of amides is 1. The number of likely N-dealkylation sites (N-methyl/N-ethyl adjacent to an activating group) is 1. The molecule has 2 aromatic rings. The van der Waals surface area contributed by atoms with Crippen molar-refractivity contribution in [2.75, 3.05) is 23.8 Å². The first-order valence-corrected chi connectivity index (χ1v) is 6.28. The summed E-state index contributed by atoms with van der Waals surface area (Å²) in [5.74, 6) is 1.87. The van der Waals surface area contributed by atoms with Crippen molar-refractivity contribution in [2.24, 2.45) is 0 Å². The lowest BCUT2D eigenvalue weighted by Gasteiger charge is -2.18. The molecular formula is C16H14FN3O. The van der Waals surface area contributed by atoms with Crippen LogP contribution < -0.4 is 10.2 Å². The van der Waals surface area contributed by atoms with Crippen molar-refractivity contribution in [3.63, 3.8) is 0 Å². The quantitative estimate of drug-likeness (QED) is 0.876. The van der Waals surface area contributed by atoms with Crippen molar-refractivity contribution in [3.05, 3.63) is 54.0 Å². The van der Waals surface area contributed by atoms with Gasteiger partial charge in [-0.05, 0) is 30.3 Å². The van der Waals surface area contributed by atoms with E-state index in [0.717, 1.165) is 0 Å². The topological polar surface area (TPSA) is 45.2 Å². The average molecular weight is 283 g/mol. The second-order valence-electron chi connectivity index (χ2n) is 4.44. The zero-order valence-electron chi connectivity index (χ0n) is 11.5. The van der Waals surface area contributed by atoms with Crippen LogP contribution in [-0.2, 0) is 4.79 Å². The number of nitrogens with zero attached hydrogens (tertiary/aromatic N) is 2.